The van der Waals surface area contributed by atoms with E-state index in [4.69, 9.17) is 9.47 Å². The van der Waals surface area contributed by atoms with E-state index in [1.54, 1.807) is 19.4 Å². The molecule has 0 aliphatic heterocycles. The highest BCUT2D eigenvalue weighted by molar-refractivity contribution is 5.81. The van der Waals surface area contributed by atoms with Crippen LogP contribution in [0, 0.1) is 0 Å². The number of ether oxygens (including phenoxy) is 2. The molecular weight excluding hydrogens is 322 g/mol. The monoisotopic (exact) mass is 345 g/mol. The molecule has 0 unspecified atom stereocenters. The van der Waals surface area contributed by atoms with Crippen molar-refractivity contribution in [2.75, 3.05) is 19.1 Å². The Balaban J connectivity index is 2.12. The molecule has 1 aromatic heterocycles. The van der Waals surface area contributed by atoms with Crippen LogP contribution in [0.4, 0.5) is 5.95 Å². The second kappa shape index (κ2) is 7.78. The molecule has 0 radical (unpaired) electrons. The van der Waals surface area contributed by atoms with E-state index < -0.39 is 0 Å². The molecule has 0 spiro atoms. The Morgan fingerprint density at radius 1 is 1.28 bits per heavy atom. The van der Waals surface area contributed by atoms with Gasteiger partial charge in [0, 0.05) is 5.41 Å². The number of H-pyrrole nitrogens is 1. The third-order valence-electron chi connectivity index (χ3n) is 3.28. The molecule has 0 aliphatic carbocycles. The SMILES string of the molecule is CCOc1cc(/C=N/Nc2nnc(C(C)(C)C)c(=O)[nH]2)ccc1OC. The molecule has 8 nitrogen and oxygen atoms in total. The van der Waals surface area contributed by atoms with Crippen molar-refractivity contribution >= 4 is 12.2 Å². The molecule has 0 amide bonds. The third kappa shape index (κ3) is 4.79. The average Bonchev–Trinajstić information content (AvgIpc) is 2.54. The zero-order valence-corrected chi connectivity index (χ0v) is 15.1. The molecule has 0 saturated carbocycles. The summed E-state index contributed by atoms with van der Waals surface area (Å²) in [6.45, 7) is 8.13. The Morgan fingerprint density at radius 3 is 2.64 bits per heavy atom. The Kier molecular flexibility index (Phi) is 5.74. The maximum atomic E-state index is 12.0. The summed E-state index contributed by atoms with van der Waals surface area (Å²) >= 11 is 0. The van der Waals surface area contributed by atoms with Crippen molar-refractivity contribution in [2.45, 2.75) is 33.1 Å². The summed E-state index contributed by atoms with van der Waals surface area (Å²) in [5.41, 5.74) is 3.18. The second-order valence-corrected chi connectivity index (χ2v) is 6.31. The van der Waals surface area contributed by atoms with Crippen molar-refractivity contribution in [3.8, 4) is 11.5 Å². The first-order valence-corrected chi connectivity index (χ1v) is 7.92. The van der Waals surface area contributed by atoms with Gasteiger partial charge in [0.2, 0.25) is 5.95 Å². The van der Waals surface area contributed by atoms with Gasteiger partial charge in [-0.3, -0.25) is 9.78 Å². The van der Waals surface area contributed by atoms with Crippen LogP contribution >= 0.6 is 0 Å². The number of rotatable bonds is 6. The summed E-state index contributed by atoms with van der Waals surface area (Å²) in [5, 5.41) is 12.0. The van der Waals surface area contributed by atoms with Gasteiger partial charge in [-0.1, -0.05) is 20.8 Å². The summed E-state index contributed by atoms with van der Waals surface area (Å²) in [6, 6.07) is 5.44. The van der Waals surface area contributed by atoms with Gasteiger partial charge in [0.25, 0.3) is 5.56 Å². The van der Waals surface area contributed by atoms with E-state index in [0.717, 1.165) is 5.56 Å². The number of nitrogens with zero attached hydrogens (tertiary/aromatic N) is 3. The van der Waals surface area contributed by atoms with E-state index in [0.29, 0.717) is 23.8 Å². The van der Waals surface area contributed by atoms with Crippen molar-refractivity contribution in [3.05, 3.63) is 39.8 Å². The molecule has 25 heavy (non-hydrogen) atoms. The third-order valence-corrected chi connectivity index (χ3v) is 3.28. The second-order valence-electron chi connectivity index (χ2n) is 6.31. The first-order valence-electron chi connectivity index (χ1n) is 7.92. The quantitative estimate of drug-likeness (QED) is 0.615. The fourth-order valence-corrected chi connectivity index (χ4v) is 2.09. The summed E-state index contributed by atoms with van der Waals surface area (Å²) < 4.78 is 10.8. The molecule has 1 aromatic carbocycles. The van der Waals surface area contributed by atoms with E-state index in [1.807, 2.05) is 39.8 Å². The molecule has 2 aromatic rings. The number of hydrazone groups is 1. The van der Waals surface area contributed by atoms with Crippen LogP contribution in [0.15, 0.2) is 28.1 Å². The number of aromatic nitrogens is 3. The summed E-state index contributed by atoms with van der Waals surface area (Å²) in [7, 11) is 1.59. The molecule has 2 rings (SSSR count). The van der Waals surface area contributed by atoms with Crippen LogP contribution in [0.3, 0.4) is 0 Å². The number of hydrogen-bond acceptors (Lipinski definition) is 7. The molecule has 0 bridgehead atoms. The van der Waals surface area contributed by atoms with Crippen molar-refractivity contribution in [1.29, 1.82) is 0 Å². The van der Waals surface area contributed by atoms with Gasteiger partial charge in [0.15, 0.2) is 11.5 Å². The molecule has 134 valence electrons. The largest absolute Gasteiger partial charge is 0.493 e. The van der Waals surface area contributed by atoms with Crippen LogP contribution in [0.2, 0.25) is 0 Å². The van der Waals surface area contributed by atoms with E-state index in [1.165, 1.54) is 0 Å². The lowest BCUT2D eigenvalue weighted by Gasteiger charge is -2.15. The molecule has 0 atom stereocenters. The van der Waals surface area contributed by atoms with Crippen molar-refractivity contribution < 1.29 is 9.47 Å². The molecule has 0 fully saturated rings. The highest BCUT2D eigenvalue weighted by Crippen LogP contribution is 2.27. The topological polar surface area (TPSA) is 101 Å². The molecule has 0 saturated heterocycles. The summed E-state index contributed by atoms with van der Waals surface area (Å²) in [6.07, 6.45) is 1.58. The van der Waals surface area contributed by atoms with Gasteiger partial charge in [0.1, 0.15) is 5.69 Å². The van der Waals surface area contributed by atoms with E-state index in [9.17, 15) is 4.79 Å². The first-order chi connectivity index (χ1) is 11.8. The Morgan fingerprint density at radius 2 is 2.04 bits per heavy atom. The Bertz CT molecular complexity index is 809. The lowest BCUT2D eigenvalue weighted by atomic mass is 9.93. The molecular formula is C17H23N5O3. The first kappa shape index (κ1) is 18.4. The fourth-order valence-electron chi connectivity index (χ4n) is 2.09. The van der Waals surface area contributed by atoms with Crippen molar-refractivity contribution in [1.82, 2.24) is 15.2 Å². The average molecular weight is 345 g/mol. The number of hydrogen-bond donors (Lipinski definition) is 2. The van der Waals surface area contributed by atoms with Crippen LogP contribution in [0.5, 0.6) is 11.5 Å². The van der Waals surface area contributed by atoms with Gasteiger partial charge in [-0.05, 0) is 30.7 Å². The van der Waals surface area contributed by atoms with E-state index >= 15 is 0 Å². The highest BCUT2D eigenvalue weighted by Gasteiger charge is 2.20. The number of aromatic amines is 1. The number of methoxy groups -OCH3 is 1. The van der Waals surface area contributed by atoms with Crippen LogP contribution in [-0.2, 0) is 5.41 Å². The van der Waals surface area contributed by atoms with Crippen molar-refractivity contribution in [3.63, 3.8) is 0 Å². The Labute approximate surface area is 146 Å². The predicted molar refractivity (Wildman–Crippen MR) is 96.7 cm³/mol. The number of anilines is 1. The molecule has 2 N–H and O–H groups in total. The fraction of sp³-hybridized carbons (Fsp3) is 0.412. The minimum Gasteiger partial charge on any atom is -0.493 e. The summed E-state index contributed by atoms with van der Waals surface area (Å²) in [4.78, 5) is 14.6. The van der Waals surface area contributed by atoms with E-state index in [-0.39, 0.29) is 16.9 Å². The van der Waals surface area contributed by atoms with Gasteiger partial charge in [-0.2, -0.15) is 5.10 Å². The van der Waals surface area contributed by atoms with Crippen LogP contribution in [0.1, 0.15) is 39.0 Å². The van der Waals surface area contributed by atoms with Crippen molar-refractivity contribution in [2.24, 2.45) is 5.10 Å². The number of nitrogens with one attached hydrogen (secondary N) is 2. The zero-order valence-electron chi connectivity index (χ0n) is 15.1. The summed E-state index contributed by atoms with van der Waals surface area (Å²) in [5.74, 6) is 1.46. The van der Waals surface area contributed by atoms with Gasteiger partial charge in [0.05, 0.1) is 19.9 Å². The lowest BCUT2D eigenvalue weighted by molar-refractivity contribution is 0.311. The van der Waals surface area contributed by atoms with Gasteiger partial charge in [-0.15, -0.1) is 10.2 Å². The predicted octanol–water partition coefficient (Wildman–Crippen LogP) is 2.32. The smallest absolute Gasteiger partial charge is 0.274 e. The van der Waals surface area contributed by atoms with Gasteiger partial charge in [-0.25, -0.2) is 5.43 Å². The zero-order chi connectivity index (χ0) is 18.4. The van der Waals surface area contributed by atoms with Crippen LogP contribution < -0.4 is 20.5 Å². The van der Waals surface area contributed by atoms with Crippen LogP contribution in [-0.4, -0.2) is 35.1 Å². The minimum absolute atomic E-state index is 0.174. The lowest BCUT2D eigenvalue weighted by Crippen LogP contribution is -2.28. The standard InChI is InChI=1S/C17H23N5O3/c1-6-25-13-9-11(7-8-12(13)24-5)10-18-21-16-19-15(23)14(20-22-16)17(2,3)4/h7-10H,6H2,1-5H3,(H2,19,21,22,23)/b18-10+. The maximum Gasteiger partial charge on any atom is 0.274 e. The molecule has 1 heterocycles. The molecule has 8 heteroatoms. The van der Waals surface area contributed by atoms with Gasteiger partial charge >= 0.3 is 0 Å². The minimum atomic E-state index is -0.374. The number of benzene rings is 1. The highest BCUT2D eigenvalue weighted by atomic mass is 16.5. The van der Waals surface area contributed by atoms with E-state index in [2.05, 4.69) is 25.7 Å². The maximum absolute atomic E-state index is 12.0. The van der Waals surface area contributed by atoms with Gasteiger partial charge < -0.3 is 9.47 Å². The molecule has 0 aliphatic rings. The normalized spacial score (nSPS) is 11.6. The van der Waals surface area contributed by atoms with Crippen LogP contribution in [0.25, 0.3) is 0 Å². The Hall–Kier alpha value is -2.90.